The van der Waals surface area contributed by atoms with Crippen molar-refractivity contribution < 1.29 is 29.8 Å². The van der Waals surface area contributed by atoms with Crippen LogP contribution in [0.3, 0.4) is 0 Å². The molecule has 0 atom stereocenters. The van der Waals surface area contributed by atoms with Crippen molar-refractivity contribution in [1.29, 1.82) is 0 Å². The maximum absolute atomic E-state index is 7.12. The number of rotatable bonds is 4. The highest BCUT2D eigenvalue weighted by Crippen LogP contribution is 1.74. The fourth-order valence-corrected chi connectivity index (χ4v) is 0.116. The summed E-state index contributed by atoms with van der Waals surface area (Å²) in [7, 11) is 2.78. The number of aliphatic hydroxyl groups excluding tert-OH is 1. The van der Waals surface area contributed by atoms with Gasteiger partial charge in [0.25, 0.3) is 0 Å². The molecule has 0 aromatic rings. The van der Waals surface area contributed by atoms with Crippen molar-refractivity contribution >= 4 is 0 Å². The van der Waals surface area contributed by atoms with Gasteiger partial charge in [-0.1, -0.05) is 0 Å². The molecule has 2 N–H and O–H groups in total. The quantitative estimate of drug-likeness (QED) is 0.236. The van der Waals surface area contributed by atoms with Crippen molar-refractivity contribution in [3.8, 4) is 0 Å². The molecule has 10 heavy (non-hydrogen) atoms. The third kappa shape index (κ3) is 25.1. The van der Waals surface area contributed by atoms with E-state index in [9.17, 15) is 0 Å². The molecule has 0 bridgehead atoms. The molecule has 0 aromatic carbocycles. The fraction of sp³-hybridized carbons (Fsp3) is 1.00. The lowest BCUT2D eigenvalue weighted by molar-refractivity contribution is -0.402. The van der Waals surface area contributed by atoms with Crippen LogP contribution in [0.25, 0.3) is 0 Å². The minimum Gasteiger partial charge on any atom is -0.371 e. The number of aliphatic hydroxyl groups is 2. The summed E-state index contributed by atoms with van der Waals surface area (Å²) in [5.74, 6) is 0. The molecular formula is C4H12O6. The molecule has 0 aliphatic rings. The van der Waals surface area contributed by atoms with Crippen LogP contribution >= 0.6 is 0 Å². The molecule has 0 saturated heterocycles. The van der Waals surface area contributed by atoms with Gasteiger partial charge in [-0.05, 0) is 0 Å². The SMILES string of the molecule is COOCOOC.OCO. The number of hydrogen-bond donors (Lipinski definition) is 2. The highest BCUT2D eigenvalue weighted by Gasteiger charge is 1.78. The lowest BCUT2D eigenvalue weighted by Crippen LogP contribution is -1.96. The monoisotopic (exact) mass is 156 g/mol. The molecule has 6 nitrogen and oxygen atoms in total. The lowest BCUT2D eigenvalue weighted by Gasteiger charge is -1.95. The second kappa shape index (κ2) is 15.9. The number of hydrogen-bond acceptors (Lipinski definition) is 6. The standard InChI is InChI=1S/C3H8O4.CH4O2/c1-4-6-3-7-5-2;2-1-3/h3H2,1-2H3;2-3H,1H2. The highest BCUT2D eigenvalue weighted by atomic mass is 17.3. The molecule has 0 aliphatic carbocycles. The van der Waals surface area contributed by atoms with Crippen molar-refractivity contribution in [2.75, 3.05) is 27.8 Å². The van der Waals surface area contributed by atoms with Gasteiger partial charge in [0.2, 0.25) is 6.79 Å². The topological polar surface area (TPSA) is 77.4 Å². The maximum atomic E-state index is 7.12. The van der Waals surface area contributed by atoms with Crippen LogP contribution in [0.15, 0.2) is 0 Å². The van der Waals surface area contributed by atoms with Gasteiger partial charge in [-0.2, -0.15) is 0 Å². The Morgan fingerprint density at radius 3 is 1.50 bits per heavy atom. The molecule has 0 heterocycles. The van der Waals surface area contributed by atoms with Gasteiger partial charge in [-0.3, -0.25) is 0 Å². The molecule has 0 fully saturated rings. The Morgan fingerprint density at radius 1 is 1.00 bits per heavy atom. The van der Waals surface area contributed by atoms with Crippen molar-refractivity contribution in [3.05, 3.63) is 0 Å². The summed E-state index contributed by atoms with van der Waals surface area (Å²) in [6.07, 6.45) is 0. The molecule has 64 valence electrons. The Bertz CT molecular complexity index is 36.7. The first kappa shape index (κ1) is 12.4. The zero-order valence-electron chi connectivity index (χ0n) is 5.94. The van der Waals surface area contributed by atoms with Gasteiger partial charge in [-0.25, -0.2) is 19.6 Å². The van der Waals surface area contributed by atoms with Crippen LogP contribution in [0.5, 0.6) is 0 Å². The lowest BCUT2D eigenvalue weighted by atomic mass is 11.5. The summed E-state index contributed by atoms with van der Waals surface area (Å²) in [5.41, 5.74) is 0. The second-order valence-corrected chi connectivity index (χ2v) is 0.828. The average Bonchev–Trinajstić information content (AvgIpc) is 1.91. The van der Waals surface area contributed by atoms with E-state index in [2.05, 4.69) is 19.6 Å². The van der Waals surface area contributed by atoms with E-state index < -0.39 is 6.79 Å². The van der Waals surface area contributed by atoms with Crippen LogP contribution < -0.4 is 0 Å². The molecule has 0 spiro atoms. The van der Waals surface area contributed by atoms with Crippen LogP contribution in [-0.2, 0) is 19.6 Å². The smallest absolute Gasteiger partial charge is 0.214 e. The second-order valence-electron chi connectivity index (χ2n) is 0.828. The van der Waals surface area contributed by atoms with Crippen molar-refractivity contribution in [2.24, 2.45) is 0 Å². The Balaban J connectivity index is 0. The van der Waals surface area contributed by atoms with Gasteiger partial charge in [0, 0.05) is 0 Å². The summed E-state index contributed by atoms with van der Waals surface area (Å²) in [6, 6.07) is 0. The molecular weight excluding hydrogens is 144 g/mol. The van der Waals surface area contributed by atoms with Gasteiger partial charge >= 0.3 is 0 Å². The van der Waals surface area contributed by atoms with Crippen LogP contribution in [0.1, 0.15) is 0 Å². The summed E-state index contributed by atoms with van der Waals surface area (Å²) in [5, 5.41) is 14.2. The van der Waals surface area contributed by atoms with Gasteiger partial charge in [0.1, 0.15) is 6.79 Å². The zero-order chi connectivity index (χ0) is 8.24. The molecule has 0 amide bonds. The van der Waals surface area contributed by atoms with Gasteiger partial charge in [0.15, 0.2) is 0 Å². The predicted molar refractivity (Wildman–Crippen MR) is 30.4 cm³/mol. The van der Waals surface area contributed by atoms with Gasteiger partial charge < -0.3 is 10.2 Å². The third-order valence-corrected chi connectivity index (χ3v) is 0.332. The molecule has 6 heteroatoms. The van der Waals surface area contributed by atoms with E-state index in [1.807, 2.05) is 0 Å². The Kier molecular flexibility index (Phi) is 19.8. The average molecular weight is 156 g/mol. The minimum atomic E-state index is -0.750. The van der Waals surface area contributed by atoms with Crippen LogP contribution in [-0.4, -0.2) is 38.0 Å². The Morgan fingerprint density at radius 2 is 1.30 bits per heavy atom. The summed E-state index contributed by atoms with van der Waals surface area (Å²) >= 11 is 0. The normalized spacial score (nSPS) is 8.40. The Hall–Kier alpha value is -0.240. The summed E-state index contributed by atoms with van der Waals surface area (Å²) < 4.78 is 0. The molecule has 0 rings (SSSR count). The van der Waals surface area contributed by atoms with Crippen molar-refractivity contribution in [3.63, 3.8) is 0 Å². The first-order valence-electron chi connectivity index (χ1n) is 2.36. The van der Waals surface area contributed by atoms with E-state index in [1.165, 1.54) is 14.2 Å². The Labute approximate surface area is 58.7 Å². The first-order chi connectivity index (χ1) is 4.83. The largest absolute Gasteiger partial charge is 0.371 e. The zero-order valence-corrected chi connectivity index (χ0v) is 5.94. The molecule has 0 saturated carbocycles. The maximum Gasteiger partial charge on any atom is 0.214 e. The molecule has 0 aliphatic heterocycles. The van der Waals surface area contributed by atoms with Crippen molar-refractivity contribution in [2.45, 2.75) is 0 Å². The van der Waals surface area contributed by atoms with E-state index in [-0.39, 0.29) is 6.79 Å². The summed E-state index contributed by atoms with van der Waals surface area (Å²) in [4.78, 5) is 16.7. The van der Waals surface area contributed by atoms with Gasteiger partial charge in [0.05, 0.1) is 14.2 Å². The van der Waals surface area contributed by atoms with E-state index in [1.54, 1.807) is 0 Å². The highest BCUT2D eigenvalue weighted by molar-refractivity contribution is 3.74. The van der Waals surface area contributed by atoms with E-state index >= 15 is 0 Å². The van der Waals surface area contributed by atoms with E-state index in [0.29, 0.717) is 0 Å². The first-order valence-corrected chi connectivity index (χ1v) is 2.36. The van der Waals surface area contributed by atoms with Crippen LogP contribution in [0.4, 0.5) is 0 Å². The minimum absolute atomic E-state index is 0.00694. The van der Waals surface area contributed by atoms with Crippen LogP contribution in [0.2, 0.25) is 0 Å². The van der Waals surface area contributed by atoms with Gasteiger partial charge in [-0.15, -0.1) is 0 Å². The predicted octanol–water partition coefficient (Wildman–Crippen LogP) is -0.972. The van der Waals surface area contributed by atoms with E-state index in [0.717, 1.165) is 0 Å². The van der Waals surface area contributed by atoms with Crippen LogP contribution in [0, 0.1) is 0 Å². The van der Waals surface area contributed by atoms with Crippen molar-refractivity contribution in [1.82, 2.24) is 0 Å². The third-order valence-electron chi connectivity index (χ3n) is 0.332. The fourth-order valence-electron chi connectivity index (χ4n) is 0.116. The molecule has 0 unspecified atom stereocenters. The molecule has 0 radical (unpaired) electrons. The molecule has 0 aromatic heterocycles. The van der Waals surface area contributed by atoms with E-state index in [4.69, 9.17) is 10.2 Å². The summed E-state index contributed by atoms with van der Waals surface area (Å²) in [6.45, 7) is -0.757.